The Bertz CT molecular complexity index is 223. The van der Waals surface area contributed by atoms with Gasteiger partial charge in [-0.2, -0.15) is 0 Å². The third-order valence-corrected chi connectivity index (χ3v) is 1.71. The molecule has 0 aliphatic carbocycles. The summed E-state index contributed by atoms with van der Waals surface area (Å²) in [6, 6.07) is 0. The van der Waals surface area contributed by atoms with E-state index in [4.69, 9.17) is 0 Å². The van der Waals surface area contributed by atoms with Crippen molar-refractivity contribution >= 4 is 11.9 Å². The number of hydrogen-bond donors (Lipinski definition) is 1. The van der Waals surface area contributed by atoms with E-state index in [0.717, 1.165) is 12.8 Å². The fourth-order valence-electron chi connectivity index (χ4n) is 0.849. The van der Waals surface area contributed by atoms with Crippen molar-refractivity contribution in [3.05, 3.63) is 12.2 Å². The van der Waals surface area contributed by atoms with Crippen LogP contribution in [0.3, 0.4) is 0 Å². The van der Waals surface area contributed by atoms with Gasteiger partial charge < -0.3 is 10.1 Å². The van der Waals surface area contributed by atoms with E-state index in [1.165, 1.54) is 7.11 Å². The largest absolute Gasteiger partial charge is 0.469 e. The number of nitrogens with one attached hydrogen (secondary N) is 1. The number of hydrogen-bond acceptors (Lipinski definition) is 3. The standard InChI is InChI=1S/C10H17NO3/c1-8(2)10(13)11-7-5-4-6-9(12)14-3/h1,4-7H2,2-3H3,(H,11,13). The van der Waals surface area contributed by atoms with E-state index in [0.29, 0.717) is 18.5 Å². The molecule has 0 rings (SSSR count). The van der Waals surface area contributed by atoms with Gasteiger partial charge in [-0.25, -0.2) is 0 Å². The minimum Gasteiger partial charge on any atom is -0.469 e. The zero-order valence-electron chi connectivity index (χ0n) is 8.76. The number of ether oxygens (including phenoxy) is 1. The molecule has 0 aliphatic rings. The topological polar surface area (TPSA) is 55.4 Å². The Hall–Kier alpha value is -1.32. The van der Waals surface area contributed by atoms with E-state index < -0.39 is 0 Å². The van der Waals surface area contributed by atoms with Gasteiger partial charge in [-0.1, -0.05) is 6.58 Å². The Morgan fingerprint density at radius 2 is 2.00 bits per heavy atom. The molecule has 0 saturated heterocycles. The van der Waals surface area contributed by atoms with Crippen LogP contribution in [0.4, 0.5) is 0 Å². The van der Waals surface area contributed by atoms with Crippen molar-refractivity contribution < 1.29 is 14.3 Å². The van der Waals surface area contributed by atoms with Crippen LogP contribution in [0, 0.1) is 0 Å². The Labute approximate surface area is 84.3 Å². The number of esters is 1. The molecule has 14 heavy (non-hydrogen) atoms. The Morgan fingerprint density at radius 1 is 1.36 bits per heavy atom. The zero-order chi connectivity index (χ0) is 11.0. The van der Waals surface area contributed by atoms with E-state index in [2.05, 4.69) is 16.6 Å². The highest BCUT2D eigenvalue weighted by Gasteiger charge is 2.01. The number of carbonyl (C=O) groups is 2. The van der Waals surface area contributed by atoms with Crippen molar-refractivity contribution in [1.29, 1.82) is 0 Å². The fraction of sp³-hybridized carbons (Fsp3) is 0.600. The predicted octanol–water partition coefficient (Wildman–Crippen LogP) is 1.02. The van der Waals surface area contributed by atoms with Crippen LogP contribution < -0.4 is 5.32 Å². The van der Waals surface area contributed by atoms with Gasteiger partial charge in [-0.3, -0.25) is 9.59 Å². The van der Waals surface area contributed by atoms with Crippen LogP contribution in [-0.2, 0) is 14.3 Å². The molecule has 0 saturated carbocycles. The third-order valence-electron chi connectivity index (χ3n) is 1.71. The van der Waals surface area contributed by atoms with Crippen molar-refractivity contribution in [2.75, 3.05) is 13.7 Å². The molecule has 0 unspecified atom stereocenters. The first kappa shape index (κ1) is 12.7. The Balaban J connectivity index is 3.34. The molecule has 0 heterocycles. The van der Waals surface area contributed by atoms with Gasteiger partial charge in [0.1, 0.15) is 0 Å². The minimum absolute atomic E-state index is 0.136. The summed E-state index contributed by atoms with van der Waals surface area (Å²) in [5.41, 5.74) is 0.498. The quantitative estimate of drug-likeness (QED) is 0.395. The molecule has 4 nitrogen and oxygen atoms in total. The summed E-state index contributed by atoms with van der Waals surface area (Å²) in [5, 5.41) is 2.68. The third kappa shape index (κ3) is 6.22. The summed E-state index contributed by atoms with van der Waals surface area (Å²) in [6.07, 6.45) is 1.90. The van der Waals surface area contributed by atoms with E-state index >= 15 is 0 Å². The predicted molar refractivity (Wildman–Crippen MR) is 53.7 cm³/mol. The van der Waals surface area contributed by atoms with Gasteiger partial charge in [0.2, 0.25) is 5.91 Å². The van der Waals surface area contributed by atoms with Crippen LogP contribution in [0.25, 0.3) is 0 Å². The SMILES string of the molecule is C=C(C)C(=O)NCCCCC(=O)OC. The van der Waals surface area contributed by atoms with Gasteiger partial charge in [-0.05, 0) is 19.8 Å². The molecule has 0 spiro atoms. The summed E-state index contributed by atoms with van der Waals surface area (Å²) in [6.45, 7) is 5.74. The van der Waals surface area contributed by atoms with Gasteiger partial charge in [0.05, 0.1) is 7.11 Å². The number of amides is 1. The first-order chi connectivity index (χ1) is 6.57. The molecule has 0 aliphatic heterocycles. The smallest absolute Gasteiger partial charge is 0.305 e. The molecule has 0 atom stereocenters. The molecule has 1 N–H and O–H groups in total. The summed E-state index contributed by atoms with van der Waals surface area (Å²) in [4.78, 5) is 21.7. The molecule has 0 aromatic carbocycles. The van der Waals surface area contributed by atoms with Gasteiger partial charge in [0, 0.05) is 18.5 Å². The second kappa shape index (κ2) is 7.12. The Morgan fingerprint density at radius 3 is 2.50 bits per heavy atom. The number of unbranched alkanes of at least 4 members (excludes halogenated alkanes) is 1. The average Bonchev–Trinajstić information content (AvgIpc) is 2.16. The first-order valence-electron chi connectivity index (χ1n) is 4.58. The van der Waals surface area contributed by atoms with E-state index in [-0.39, 0.29) is 11.9 Å². The molecular weight excluding hydrogens is 182 g/mol. The maximum absolute atomic E-state index is 11.0. The fourth-order valence-corrected chi connectivity index (χ4v) is 0.849. The first-order valence-corrected chi connectivity index (χ1v) is 4.58. The summed E-state index contributed by atoms with van der Waals surface area (Å²) in [5.74, 6) is -0.348. The molecule has 80 valence electrons. The molecule has 0 bridgehead atoms. The maximum atomic E-state index is 11.0. The lowest BCUT2D eigenvalue weighted by Gasteiger charge is -2.03. The average molecular weight is 199 g/mol. The molecular formula is C10H17NO3. The van der Waals surface area contributed by atoms with Crippen LogP contribution in [0.15, 0.2) is 12.2 Å². The van der Waals surface area contributed by atoms with Gasteiger partial charge >= 0.3 is 5.97 Å². The zero-order valence-corrected chi connectivity index (χ0v) is 8.76. The van der Waals surface area contributed by atoms with E-state index in [1.807, 2.05) is 0 Å². The van der Waals surface area contributed by atoms with Crippen LogP contribution in [0.1, 0.15) is 26.2 Å². The highest BCUT2D eigenvalue weighted by atomic mass is 16.5. The monoisotopic (exact) mass is 199 g/mol. The summed E-state index contributed by atoms with van der Waals surface area (Å²) >= 11 is 0. The van der Waals surface area contributed by atoms with Crippen molar-refractivity contribution in [2.45, 2.75) is 26.2 Å². The van der Waals surface area contributed by atoms with Gasteiger partial charge in [-0.15, -0.1) is 0 Å². The molecule has 1 amide bonds. The normalized spacial score (nSPS) is 9.29. The summed E-state index contributed by atoms with van der Waals surface area (Å²) < 4.78 is 4.48. The van der Waals surface area contributed by atoms with E-state index in [1.54, 1.807) is 6.92 Å². The van der Waals surface area contributed by atoms with Crippen LogP contribution in [-0.4, -0.2) is 25.5 Å². The van der Waals surface area contributed by atoms with Crippen LogP contribution >= 0.6 is 0 Å². The van der Waals surface area contributed by atoms with Gasteiger partial charge in [0.15, 0.2) is 0 Å². The van der Waals surface area contributed by atoms with Crippen molar-refractivity contribution in [3.63, 3.8) is 0 Å². The molecule has 4 heteroatoms. The molecule has 0 radical (unpaired) electrons. The Kier molecular flexibility index (Phi) is 6.45. The highest BCUT2D eigenvalue weighted by molar-refractivity contribution is 5.91. The number of carbonyl (C=O) groups excluding carboxylic acids is 2. The highest BCUT2D eigenvalue weighted by Crippen LogP contribution is 1.96. The lowest BCUT2D eigenvalue weighted by molar-refractivity contribution is -0.140. The van der Waals surface area contributed by atoms with Crippen molar-refractivity contribution in [3.8, 4) is 0 Å². The number of rotatable bonds is 6. The van der Waals surface area contributed by atoms with Crippen LogP contribution in [0.5, 0.6) is 0 Å². The van der Waals surface area contributed by atoms with E-state index in [9.17, 15) is 9.59 Å². The second-order valence-corrected chi connectivity index (χ2v) is 3.07. The molecule has 0 aromatic heterocycles. The number of methoxy groups -OCH3 is 1. The lowest BCUT2D eigenvalue weighted by atomic mass is 10.2. The van der Waals surface area contributed by atoms with Crippen molar-refractivity contribution in [2.24, 2.45) is 0 Å². The maximum Gasteiger partial charge on any atom is 0.305 e. The van der Waals surface area contributed by atoms with Crippen LogP contribution in [0.2, 0.25) is 0 Å². The van der Waals surface area contributed by atoms with Crippen molar-refractivity contribution in [1.82, 2.24) is 5.32 Å². The summed E-state index contributed by atoms with van der Waals surface area (Å²) in [7, 11) is 1.37. The minimum atomic E-state index is -0.212. The second-order valence-electron chi connectivity index (χ2n) is 3.07. The lowest BCUT2D eigenvalue weighted by Crippen LogP contribution is -2.24. The molecule has 0 aromatic rings. The van der Waals surface area contributed by atoms with Gasteiger partial charge in [0.25, 0.3) is 0 Å². The molecule has 0 fully saturated rings.